The van der Waals surface area contributed by atoms with Gasteiger partial charge in [0, 0.05) is 39.8 Å². The monoisotopic (exact) mass is 299 g/mol. The smallest absolute Gasteiger partial charge is 0.143 e. The van der Waals surface area contributed by atoms with Crippen molar-refractivity contribution >= 4 is 17.6 Å². The largest absolute Gasteiger partial charge is 0.363 e. The van der Waals surface area contributed by atoms with Crippen molar-refractivity contribution in [2.75, 3.05) is 11.9 Å². The molecule has 0 N–H and O–H groups in total. The summed E-state index contributed by atoms with van der Waals surface area (Å²) < 4.78 is 0. The predicted octanol–water partition coefficient (Wildman–Crippen LogP) is 2.06. The molecule has 0 bridgehead atoms. The number of rotatable bonds is 0. The minimum Gasteiger partial charge on any atom is -0.363 e. The summed E-state index contributed by atoms with van der Waals surface area (Å²) in [5.74, 6) is 2.45. The minimum atomic E-state index is 0. The van der Waals surface area contributed by atoms with Crippen LogP contribution < -0.4 is 4.90 Å². The molecular weight excluding hydrogens is 287 g/mol. The number of amidine groups is 1. The second kappa shape index (κ2) is 3.60. The first-order valence-corrected chi connectivity index (χ1v) is 5.53. The zero-order chi connectivity index (χ0) is 10.9. The van der Waals surface area contributed by atoms with Crippen LogP contribution in [0.4, 0.5) is 5.69 Å². The average molecular weight is 299 g/mol. The Labute approximate surface area is 126 Å². The van der Waals surface area contributed by atoms with Gasteiger partial charge in [0.15, 0.2) is 0 Å². The van der Waals surface area contributed by atoms with Crippen LogP contribution in [0, 0.1) is 5.92 Å². The quantitative estimate of drug-likeness (QED) is 0.683. The standard InChI is InChI=1S/C13H12N3.Y/c1-8-10-5-3-4-9-6-7-11-14-15(2)13(8)16(11)12(9)10;/h3-7,13H,1-2H3;/q-1;. The fraction of sp³-hybridized carbons (Fsp3) is 0.231. The minimum absolute atomic E-state index is 0. The molecule has 1 aromatic rings. The van der Waals surface area contributed by atoms with E-state index in [1.165, 1.54) is 22.7 Å². The predicted molar refractivity (Wildman–Crippen MR) is 65.0 cm³/mol. The summed E-state index contributed by atoms with van der Waals surface area (Å²) in [6.07, 6.45) is 4.54. The molecule has 4 rings (SSSR count). The molecule has 0 saturated carbocycles. The maximum atomic E-state index is 4.55. The van der Waals surface area contributed by atoms with Crippen LogP contribution in [0.15, 0.2) is 29.4 Å². The van der Waals surface area contributed by atoms with Crippen LogP contribution in [-0.4, -0.2) is 24.1 Å². The first-order valence-electron chi connectivity index (χ1n) is 5.53. The maximum absolute atomic E-state index is 4.55. The Morgan fingerprint density at radius 2 is 2.12 bits per heavy atom. The molecule has 0 aromatic heterocycles. The zero-order valence-electron chi connectivity index (χ0n) is 9.88. The van der Waals surface area contributed by atoms with Crippen molar-refractivity contribution in [2.45, 2.75) is 13.1 Å². The van der Waals surface area contributed by atoms with Gasteiger partial charge in [0.1, 0.15) is 5.84 Å². The number of hydrazone groups is 1. The summed E-state index contributed by atoms with van der Waals surface area (Å²) in [7, 11) is 2.04. The van der Waals surface area contributed by atoms with E-state index in [9.17, 15) is 0 Å². The molecule has 3 aliphatic rings. The van der Waals surface area contributed by atoms with Gasteiger partial charge in [0.25, 0.3) is 0 Å². The molecule has 0 amide bonds. The number of likely N-dealkylation sites (N-methyl/N-ethyl adjacent to an activating group) is 1. The van der Waals surface area contributed by atoms with Crippen molar-refractivity contribution in [1.82, 2.24) is 5.01 Å². The van der Waals surface area contributed by atoms with Gasteiger partial charge in [-0.15, -0.1) is 12.0 Å². The molecule has 83 valence electrons. The fourth-order valence-electron chi connectivity index (χ4n) is 2.97. The van der Waals surface area contributed by atoms with Gasteiger partial charge < -0.3 is 4.90 Å². The van der Waals surface area contributed by atoms with Crippen LogP contribution in [0.2, 0.25) is 0 Å². The van der Waals surface area contributed by atoms with Crippen molar-refractivity contribution in [3.05, 3.63) is 41.3 Å². The van der Waals surface area contributed by atoms with Crippen LogP contribution in [-0.2, 0) is 32.7 Å². The van der Waals surface area contributed by atoms with Gasteiger partial charge in [-0.05, 0) is 6.08 Å². The molecule has 1 radical (unpaired) electrons. The number of anilines is 1. The molecule has 0 saturated heterocycles. The van der Waals surface area contributed by atoms with Gasteiger partial charge in [-0.1, -0.05) is 30.3 Å². The van der Waals surface area contributed by atoms with Crippen molar-refractivity contribution in [1.29, 1.82) is 0 Å². The SMILES string of the molecule is C[C-]1c2cccc3c2N2C(=NN(C)C12)C=C3.[Y]. The normalized spacial score (nSPS) is 22.6. The summed E-state index contributed by atoms with van der Waals surface area (Å²) in [5, 5.41) is 6.60. The van der Waals surface area contributed by atoms with E-state index in [1.54, 1.807) is 0 Å². The molecule has 0 spiro atoms. The van der Waals surface area contributed by atoms with Gasteiger partial charge >= 0.3 is 0 Å². The van der Waals surface area contributed by atoms with Crippen LogP contribution in [0.3, 0.4) is 0 Å². The molecule has 1 atom stereocenters. The van der Waals surface area contributed by atoms with E-state index < -0.39 is 0 Å². The van der Waals surface area contributed by atoms with E-state index in [0.717, 1.165) is 5.84 Å². The number of hydrogen-bond donors (Lipinski definition) is 0. The van der Waals surface area contributed by atoms with Gasteiger partial charge in [0.05, 0.1) is 6.17 Å². The zero-order valence-corrected chi connectivity index (χ0v) is 12.7. The molecule has 0 aliphatic carbocycles. The third-order valence-electron chi connectivity index (χ3n) is 3.64. The van der Waals surface area contributed by atoms with Gasteiger partial charge in [-0.3, -0.25) is 5.01 Å². The van der Waals surface area contributed by atoms with E-state index in [-0.39, 0.29) is 38.9 Å². The second-order valence-electron chi connectivity index (χ2n) is 4.54. The maximum Gasteiger partial charge on any atom is 0.143 e. The number of benzene rings is 1. The molecule has 17 heavy (non-hydrogen) atoms. The fourth-order valence-corrected chi connectivity index (χ4v) is 2.97. The number of para-hydroxylation sites is 1. The average Bonchev–Trinajstić information content (AvgIpc) is 2.77. The Kier molecular flexibility index (Phi) is 2.39. The van der Waals surface area contributed by atoms with Gasteiger partial charge in [0.2, 0.25) is 0 Å². The summed E-state index contributed by atoms with van der Waals surface area (Å²) in [6, 6.07) is 6.50. The molecule has 1 unspecified atom stereocenters. The summed E-state index contributed by atoms with van der Waals surface area (Å²) in [6.45, 7) is 2.20. The third-order valence-corrected chi connectivity index (χ3v) is 3.64. The Morgan fingerprint density at radius 1 is 1.29 bits per heavy atom. The Hall–Kier alpha value is -0.796. The molecule has 3 aliphatic heterocycles. The van der Waals surface area contributed by atoms with Crippen LogP contribution in [0.25, 0.3) is 6.08 Å². The Bertz CT molecular complexity index is 550. The van der Waals surface area contributed by atoms with Crippen molar-refractivity contribution in [3.63, 3.8) is 0 Å². The number of nitrogens with zero attached hydrogens (tertiary/aromatic N) is 3. The summed E-state index contributed by atoms with van der Waals surface area (Å²) >= 11 is 0. The molecule has 1 aromatic carbocycles. The van der Waals surface area contributed by atoms with Gasteiger partial charge in [-0.25, -0.2) is 0 Å². The van der Waals surface area contributed by atoms with E-state index >= 15 is 0 Å². The van der Waals surface area contributed by atoms with E-state index in [2.05, 4.69) is 47.3 Å². The van der Waals surface area contributed by atoms with Gasteiger partial charge in [-0.2, -0.15) is 16.7 Å². The topological polar surface area (TPSA) is 18.8 Å². The van der Waals surface area contributed by atoms with E-state index in [1.807, 2.05) is 12.1 Å². The third kappa shape index (κ3) is 1.24. The Morgan fingerprint density at radius 3 is 2.94 bits per heavy atom. The molecule has 3 heterocycles. The second-order valence-corrected chi connectivity index (χ2v) is 4.54. The molecule has 0 fully saturated rings. The Balaban J connectivity index is 0.000000902. The first-order chi connectivity index (χ1) is 7.77. The van der Waals surface area contributed by atoms with Crippen molar-refractivity contribution < 1.29 is 32.7 Å². The van der Waals surface area contributed by atoms with Crippen molar-refractivity contribution in [2.24, 2.45) is 5.10 Å². The van der Waals surface area contributed by atoms with Crippen LogP contribution >= 0.6 is 0 Å². The number of hydrogen-bond acceptors (Lipinski definition) is 3. The van der Waals surface area contributed by atoms with E-state index in [4.69, 9.17) is 0 Å². The van der Waals surface area contributed by atoms with Crippen molar-refractivity contribution in [3.8, 4) is 0 Å². The molecule has 3 nitrogen and oxygen atoms in total. The molecule has 4 heteroatoms. The van der Waals surface area contributed by atoms with Crippen LogP contribution in [0.5, 0.6) is 0 Å². The molecular formula is C13H12N3Y-. The first kappa shape index (κ1) is 11.3. The summed E-state index contributed by atoms with van der Waals surface area (Å²) in [5.41, 5.74) is 4.00. The summed E-state index contributed by atoms with van der Waals surface area (Å²) in [4.78, 5) is 2.33. The van der Waals surface area contributed by atoms with E-state index in [0.29, 0.717) is 0 Å². The van der Waals surface area contributed by atoms with Crippen LogP contribution in [0.1, 0.15) is 18.1 Å².